The molecular formula is C14H11FN2O6S. The summed E-state index contributed by atoms with van der Waals surface area (Å²) in [7, 11) is -4.04. The van der Waals surface area contributed by atoms with E-state index in [4.69, 9.17) is 9.47 Å². The van der Waals surface area contributed by atoms with Crippen molar-refractivity contribution in [2.24, 2.45) is 0 Å². The van der Waals surface area contributed by atoms with Crippen molar-refractivity contribution in [3.63, 3.8) is 0 Å². The normalized spacial score (nSPS) is 13.0. The predicted molar refractivity (Wildman–Crippen MR) is 79.6 cm³/mol. The molecule has 10 heteroatoms. The molecule has 126 valence electrons. The highest BCUT2D eigenvalue weighted by Gasteiger charge is 2.21. The fourth-order valence-electron chi connectivity index (χ4n) is 2.11. The molecule has 0 aliphatic carbocycles. The topological polar surface area (TPSA) is 108 Å². The Balaban J connectivity index is 1.79. The van der Waals surface area contributed by atoms with Gasteiger partial charge in [0.2, 0.25) is 22.6 Å². The van der Waals surface area contributed by atoms with Gasteiger partial charge in [-0.2, -0.15) is 4.39 Å². The largest absolute Gasteiger partial charge is 0.454 e. The molecule has 0 saturated heterocycles. The minimum absolute atomic E-state index is 0.0653. The average molecular weight is 354 g/mol. The van der Waals surface area contributed by atoms with Crippen molar-refractivity contribution in [1.29, 1.82) is 0 Å². The molecule has 1 heterocycles. The van der Waals surface area contributed by atoms with E-state index in [0.29, 0.717) is 23.1 Å². The van der Waals surface area contributed by atoms with Crippen LogP contribution in [-0.2, 0) is 16.6 Å². The summed E-state index contributed by atoms with van der Waals surface area (Å²) in [4.78, 5) is 9.34. The van der Waals surface area contributed by atoms with E-state index in [1.165, 1.54) is 0 Å². The molecule has 8 nitrogen and oxygen atoms in total. The average Bonchev–Trinajstić information content (AvgIpc) is 3.00. The number of nitro groups is 1. The van der Waals surface area contributed by atoms with Gasteiger partial charge in [-0.25, -0.2) is 13.1 Å². The predicted octanol–water partition coefficient (Wildman–Crippen LogP) is 1.94. The lowest BCUT2D eigenvalue weighted by Gasteiger charge is -2.08. The van der Waals surface area contributed by atoms with Gasteiger partial charge < -0.3 is 9.47 Å². The maximum atomic E-state index is 13.3. The third kappa shape index (κ3) is 3.14. The van der Waals surface area contributed by atoms with E-state index < -0.39 is 31.3 Å². The molecular weight excluding hydrogens is 343 g/mol. The molecule has 0 unspecified atom stereocenters. The highest BCUT2D eigenvalue weighted by molar-refractivity contribution is 7.89. The van der Waals surface area contributed by atoms with Gasteiger partial charge in [0.05, 0.1) is 9.82 Å². The van der Waals surface area contributed by atoms with E-state index in [-0.39, 0.29) is 13.3 Å². The van der Waals surface area contributed by atoms with Crippen LogP contribution in [0.4, 0.5) is 10.1 Å². The maximum Gasteiger partial charge on any atom is 0.306 e. The van der Waals surface area contributed by atoms with Crippen molar-refractivity contribution in [1.82, 2.24) is 4.72 Å². The van der Waals surface area contributed by atoms with Gasteiger partial charge in [-0.1, -0.05) is 6.07 Å². The number of nitrogens with zero attached hydrogens (tertiary/aromatic N) is 1. The smallest absolute Gasteiger partial charge is 0.306 e. The molecule has 0 amide bonds. The number of nitro benzene ring substituents is 1. The standard InChI is InChI=1S/C14H11FN2O6S/c15-11-3-2-10(6-12(11)17(18)19)24(20,21)16-7-9-1-4-13-14(5-9)23-8-22-13/h1-6,16H,7-8H2. The van der Waals surface area contributed by atoms with E-state index in [1.54, 1.807) is 18.2 Å². The van der Waals surface area contributed by atoms with Gasteiger partial charge in [0, 0.05) is 12.6 Å². The second-order valence-electron chi connectivity index (χ2n) is 4.88. The lowest BCUT2D eigenvalue weighted by Crippen LogP contribution is -2.23. The first-order chi connectivity index (χ1) is 11.4. The maximum absolute atomic E-state index is 13.3. The number of fused-ring (bicyclic) bond motifs is 1. The fourth-order valence-corrected chi connectivity index (χ4v) is 3.15. The number of hydrogen-bond donors (Lipinski definition) is 1. The fraction of sp³-hybridized carbons (Fsp3) is 0.143. The highest BCUT2D eigenvalue weighted by atomic mass is 32.2. The summed E-state index contributed by atoms with van der Waals surface area (Å²) in [5.41, 5.74) is -0.291. The Labute approximate surface area is 136 Å². The van der Waals surface area contributed by atoms with E-state index >= 15 is 0 Å². The van der Waals surface area contributed by atoms with Gasteiger partial charge >= 0.3 is 5.69 Å². The second-order valence-corrected chi connectivity index (χ2v) is 6.65. The van der Waals surface area contributed by atoms with Gasteiger partial charge in [-0.15, -0.1) is 0 Å². The third-order valence-electron chi connectivity index (χ3n) is 3.33. The van der Waals surface area contributed by atoms with Crippen molar-refractivity contribution in [3.8, 4) is 11.5 Å². The van der Waals surface area contributed by atoms with Gasteiger partial charge in [-0.3, -0.25) is 10.1 Å². The van der Waals surface area contributed by atoms with Gasteiger partial charge in [-0.05, 0) is 29.8 Å². The lowest BCUT2D eigenvalue weighted by molar-refractivity contribution is -0.387. The summed E-state index contributed by atoms with van der Waals surface area (Å²) < 4.78 is 50.4. The monoisotopic (exact) mass is 354 g/mol. The molecule has 1 aliphatic rings. The van der Waals surface area contributed by atoms with Crippen LogP contribution >= 0.6 is 0 Å². The van der Waals surface area contributed by atoms with Crippen LogP contribution in [0.25, 0.3) is 0 Å². The zero-order valence-corrected chi connectivity index (χ0v) is 12.9. The number of ether oxygens (including phenoxy) is 2. The molecule has 24 heavy (non-hydrogen) atoms. The van der Waals surface area contributed by atoms with E-state index in [9.17, 15) is 22.9 Å². The SMILES string of the molecule is O=[N+]([O-])c1cc(S(=O)(=O)NCc2ccc3c(c2)OCO3)ccc1F. The lowest BCUT2D eigenvalue weighted by atomic mass is 10.2. The van der Waals surface area contributed by atoms with Crippen molar-refractivity contribution in [2.45, 2.75) is 11.4 Å². The van der Waals surface area contributed by atoms with Crippen molar-refractivity contribution < 1.29 is 27.2 Å². The number of sulfonamides is 1. The number of benzene rings is 2. The Bertz CT molecular complexity index is 915. The Hall–Kier alpha value is -2.72. The summed E-state index contributed by atoms with van der Waals surface area (Å²) in [6.07, 6.45) is 0. The van der Waals surface area contributed by atoms with Crippen LogP contribution in [0.15, 0.2) is 41.3 Å². The first-order valence-corrected chi connectivity index (χ1v) is 8.17. The van der Waals surface area contributed by atoms with Crippen molar-refractivity contribution >= 4 is 15.7 Å². The Kier molecular flexibility index (Phi) is 4.08. The summed E-state index contributed by atoms with van der Waals surface area (Å²) in [6, 6.07) is 7.31. The van der Waals surface area contributed by atoms with Crippen molar-refractivity contribution in [2.75, 3.05) is 6.79 Å². The first kappa shape index (κ1) is 16.1. The van der Waals surface area contributed by atoms with Crippen LogP contribution in [0.3, 0.4) is 0 Å². The first-order valence-electron chi connectivity index (χ1n) is 6.69. The van der Waals surface area contributed by atoms with E-state index in [0.717, 1.165) is 12.1 Å². The zero-order valence-electron chi connectivity index (χ0n) is 12.1. The number of rotatable bonds is 5. The molecule has 1 aliphatic heterocycles. The third-order valence-corrected chi connectivity index (χ3v) is 4.73. The molecule has 2 aromatic carbocycles. The molecule has 0 radical (unpaired) electrons. The quantitative estimate of drug-likeness (QED) is 0.649. The van der Waals surface area contributed by atoms with Crippen LogP contribution in [-0.4, -0.2) is 20.1 Å². The number of halogens is 1. The second kappa shape index (κ2) is 6.06. The molecule has 3 rings (SSSR count). The number of nitrogens with one attached hydrogen (secondary N) is 1. The zero-order chi connectivity index (χ0) is 17.3. The molecule has 0 fully saturated rings. The van der Waals surface area contributed by atoms with Gasteiger partial charge in [0.15, 0.2) is 11.5 Å². The summed E-state index contributed by atoms with van der Waals surface area (Å²) in [5, 5.41) is 10.7. The van der Waals surface area contributed by atoms with Crippen LogP contribution in [0.2, 0.25) is 0 Å². The Morgan fingerprint density at radius 2 is 1.92 bits per heavy atom. The molecule has 0 saturated carbocycles. The molecule has 0 atom stereocenters. The van der Waals surface area contributed by atoms with Crippen LogP contribution in [0.5, 0.6) is 11.5 Å². The molecule has 0 bridgehead atoms. The molecule has 0 spiro atoms. The van der Waals surface area contributed by atoms with Crippen LogP contribution in [0.1, 0.15) is 5.56 Å². The summed E-state index contributed by atoms with van der Waals surface area (Å²) >= 11 is 0. The van der Waals surface area contributed by atoms with Crippen LogP contribution in [0, 0.1) is 15.9 Å². The Morgan fingerprint density at radius 1 is 1.17 bits per heavy atom. The molecule has 1 N–H and O–H groups in total. The molecule has 2 aromatic rings. The van der Waals surface area contributed by atoms with E-state index in [2.05, 4.69) is 4.72 Å². The Morgan fingerprint density at radius 3 is 2.67 bits per heavy atom. The van der Waals surface area contributed by atoms with Gasteiger partial charge in [0.25, 0.3) is 0 Å². The summed E-state index contributed by atoms with van der Waals surface area (Å²) in [6.45, 7) is 0.0356. The highest BCUT2D eigenvalue weighted by Crippen LogP contribution is 2.32. The van der Waals surface area contributed by atoms with Crippen molar-refractivity contribution in [3.05, 3.63) is 57.9 Å². The van der Waals surface area contributed by atoms with E-state index in [1.807, 2.05) is 0 Å². The minimum atomic E-state index is -4.04. The van der Waals surface area contributed by atoms with Gasteiger partial charge in [0.1, 0.15) is 0 Å². The molecule has 0 aromatic heterocycles. The van der Waals surface area contributed by atoms with Crippen LogP contribution < -0.4 is 14.2 Å². The summed E-state index contributed by atoms with van der Waals surface area (Å²) in [5.74, 6) is -0.0328. The minimum Gasteiger partial charge on any atom is -0.454 e. The number of hydrogen-bond acceptors (Lipinski definition) is 6.